The standard InChI is InChI=1S/C14H15N5S/c1-11-9-13(19-14(18-11)16-10-17-19)15-7-8-20-12-5-3-2-4-6-12/h2-6,9-10,15H,7-8H2,1H3. The topological polar surface area (TPSA) is 55.1 Å². The normalized spacial score (nSPS) is 10.8. The minimum absolute atomic E-state index is 0.628. The van der Waals surface area contributed by atoms with Gasteiger partial charge in [0.05, 0.1) is 0 Å². The van der Waals surface area contributed by atoms with Gasteiger partial charge in [0.2, 0.25) is 0 Å². The molecular formula is C14H15N5S. The highest BCUT2D eigenvalue weighted by molar-refractivity contribution is 7.99. The van der Waals surface area contributed by atoms with Crippen molar-refractivity contribution in [1.82, 2.24) is 19.6 Å². The molecule has 2 aromatic heterocycles. The molecule has 0 fully saturated rings. The first-order valence-corrected chi connectivity index (χ1v) is 7.40. The second-order valence-corrected chi connectivity index (χ2v) is 5.51. The molecule has 0 saturated heterocycles. The zero-order chi connectivity index (χ0) is 13.8. The van der Waals surface area contributed by atoms with E-state index in [1.54, 1.807) is 4.52 Å². The quantitative estimate of drug-likeness (QED) is 0.577. The zero-order valence-corrected chi connectivity index (χ0v) is 12.0. The van der Waals surface area contributed by atoms with Crippen LogP contribution in [0.2, 0.25) is 0 Å². The average molecular weight is 285 g/mol. The lowest BCUT2D eigenvalue weighted by Crippen LogP contribution is -2.09. The fourth-order valence-electron chi connectivity index (χ4n) is 1.92. The number of benzene rings is 1. The molecule has 3 rings (SSSR count). The fourth-order valence-corrected chi connectivity index (χ4v) is 2.71. The van der Waals surface area contributed by atoms with Crippen molar-refractivity contribution in [3.8, 4) is 0 Å². The van der Waals surface area contributed by atoms with Gasteiger partial charge in [-0.25, -0.2) is 4.98 Å². The minimum Gasteiger partial charge on any atom is -0.369 e. The largest absolute Gasteiger partial charge is 0.369 e. The van der Waals surface area contributed by atoms with E-state index in [-0.39, 0.29) is 0 Å². The van der Waals surface area contributed by atoms with E-state index in [9.17, 15) is 0 Å². The van der Waals surface area contributed by atoms with Crippen LogP contribution in [0.15, 0.2) is 47.6 Å². The molecule has 102 valence electrons. The van der Waals surface area contributed by atoms with Gasteiger partial charge >= 0.3 is 0 Å². The summed E-state index contributed by atoms with van der Waals surface area (Å²) in [6.07, 6.45) is 1.52. The molecule has 1 aromatic carbocycles. The van der Waals surface area contributed by atoms with Crippen LogP contribution in [0.25, 0.3) is 5.78 Å². The third kappa shape index (κ3) is 2.91. The van der Waals surface area contributed by atoms with Gasteiger partial charge in [0.25, 0.3) is 5.78 Å². The van der Waals surface area contributed by atoms with E-state index in [1.807, 2.05) is 30.8 Å². The average Bonchev–Trinajstić information content (AvgIpc) is 2.92. The molecule has 3 aromatic rings. The molecule has 0 unspecified atom stereocenters. The van der Waals surface area contributed by atoms with E-state index in [0.29, 0.717) is 5.78 Å². The van der Waals surface area contributed by atoms with Crippen LogP contribution < -0.4 is 5.32 Å². The summed E-state index contributed by atoms with van der Waals surface area (Å²) in [5, 5.41) is 7.55. The molecule has 1 N–H and O–H groups in total. The second kappa shape index (κ2) is 5.92. The third-order valence-electron chi connectivity index (χ3n) is 2.80. The summed E-state index contributed by atoms with van der Waals surface area (Å²) in [5.41, 5.74) is 0.934. The molecule has 0 bridgehead atoms. The van der Waals surface area contributed by atoms with E-state index in [0.717, 1.165) is 23.8 Å². The van der Waals surface area contributed by atoms with E-state index in [1.165, 1.54) is 11.2 Å². The number of aromatic nitrogens is 4. The molecule has 0 atom stereocenters. The highest BCUT2D eigenvalue weighted by Gasteiger charge is 2.04. The van der Waals surface area contributed by atoms with Crippen LogP contribution in [0.4, 0.5) is 5.82 Å². The highest BCUT2D eigenvalue weighted by atomic mass is 32.2. The van der Waals surface area contributed by atoms with Crippen LogP contribution in [0.3, 0.4) is 0 Å². The van der Waals surface area contributed by atoms with Crippen LogP contribution in [0, 0.1) is 6.92 Å². The molecule has 0 amide bonds. The van der Waals surface area contributed by atoms with Gasteiger partial charge in [0.1, 0.15) is 12.1 Å². The number of anilines is 1. The molecule has 0 aliphatic carbocycles. The Balaban J connectivity index is 1.61. The number of fused-ring (bicyclic) bond motifs is 1. The van der Waals surface area contributed by atoms with Crippen LogP contribution in [-0.4, -0.2) is 31.9 Å². The molecule has 20 heavy (non-hydrogen) atoms. The van der Waals surface area contributed by atoms with E-state index in [2.05, 4.69) is 44.6 Å². The SMILES string of the molecule is Cc1cc(NCCSc2ccccc2)n2ncnc2n1. The highest BCUT2D eigenvalue weighted by Crippen LogP contribution is 2.17. The van der Waals surface area contributed by atoms with Crippen LogP contribution in [0.5, 0.6) is 0 Å². The molecule has 6 heteroatoms. The van der Waals surface area contributed by atoms with E-state index < -0.39 is 0 Å². The lowest BCUT2D eigenvalue weighted by atomic mass is 10.4. The number of nitrogens with zero attached hydrogens (tertiary/aromatic N) is 4. The summed E-state index contributed by atoms with van der Waals surface area (Å²) in [5.74, 6) is 2.54. The summed E-state index contributed by atoms with van der Waals surface area (Å²) in [6.45, 7) is 2.82. The molecule has 0 saturated carbocycles. The molecule has 0 aliphatic rings. The van der Waals surface area contributed by atoms with Crippen molar-refractivity contribution in [2.24, 2.45) is 0 Å². The van der Waals surface area contributed by atoms with Crippen molar-refractivity contribution in [2.45, 2.75) is 11.8 Å². The van der Waals surface area contributed by atoms with Gasteiger partial charge < -0.3 is 5.32 Å². The fraction of sp³-hybridized carbons (Fsp3) is 0.214. The lowest BCUT2D eigenvalue weighted by Gasteiger charge is -2.08. The smallest absolute Gasteiger partial charge is 0.254 e. The number of rotatable bonds is 5. The Kier molecular flexibility index (Phi) is 3.83. The summed E-state index contributed by atoms with van der Waals surface area (Å²) >= 11 is 1.83. The molecule has 5 nitrogen and oxygen atoms in total. The van der Waals surface area contributed by atoms with Crippen molar-refractivity contribution in [1.29, 1.82) is 0 Å². The predicted molar refractivity (Wildman–Crippen MR) is 81.2 cm³/mol. The van der Waals surface area contributed by atoms with Gasteiger partial charge in [0.15, 0.2) is 0 Å². The van der Waals surface area contributed by atoms with Gasteiger partial charge in [-0.05, 0) is 19.1 Å². The molecule has 0 spiro atoms. The summed E-state index contributed by atoms with van der Waals surface area (Å²) in [6, 6.07) is 12.4. The number of hydrogen-bond donors (Lipinski definition) is 1. The Labute approximate surface area is 121 Å². The van der Waals surface area contributed by atoms with Crippen molar-refractivity contribution in [3.05, 3.63) is 48.4 Å². The first-order valence-electron chi connectivity index (χ1n) is 6.42. The Bertz CT molecular complexity index is 695. The Hall–Kier alpha value is -2.08. The summed E-state index contributed by atoms with van der Waals surface area (Å²) in [7, 11) is 0. The van der Waals surface area contributed by atoms with Crippen molar-refractivity contribution >= 4 is 23.4 Å². The van der Waals surface area contributed by atoms with Crippen LogP contribution in [-0.2, 0) is 0 Å². The first kappa shape index (κ1) is 12.9. The molecule has 2 heterocycles. The van der Waals surface area contributed by atoms with Gasteiger partial charge in [-0.2, -0.15) is 14.6 Å². The second-order valence-electron chi connectivity index (χ2n) is 4.34. The van der Waals surface area contributed by atoms with E-state index >= 15 is 0 Å². The first-order chi connectivity index (χ1) is 9.83. The number of nitrogens with one attached hydrogen (secondary N) is 1. The number of hydrogen-bond acceptors (Lipinski definition) is 5. The number of aryl methyl sites for hydroxylation is 1. The van der Waals surface area contributed by atoms with Gasteiger partial charge in [0, 0.05) is 29.0 Å². The predicted octanol–water partition coefficient (Wildman–Crippen LogP) is 2.64. The molecule has 0 aliphatic heterocycles. The maximum atomic E-state index is 4.32. The maximum absolute atomic E-state index is 4.32. The summed E-state index contributed by atoms with van der Waals surface area (Å²) in [4.78, 5) is 9.71. The minimum atomic E-state index is 0.628. The number of thioether (sulfide) groups is 1. The monoisotopic (exact) mass is 285 g/mol. The Morgan fingerprint density at radius 2 is 2.10 bits per heavy atom. The van der Waals surface area contributed by atoms with E-state index in [4.69, 9.17) is 0 Å². The van der Waals surface area contributed by atoms with Crippen LogP contribution in [0.1, 0.15) is 5.69 Å². The van der Waals surface area contributed by atoms with Gasteiger partial charge in [-0.3, -0.25) is 0 Å². The third-order valence-corrected chi connectivity index (χ3v) is 3.81. The van der Waals surface area contributed by atoms with Gasteiger partial charge in [-0.15, -0.1) is 11.8 Å². The van der Waals surface area contributed by atoms with Crippen molar-refractivity contribution < 1.29 is 0 Å². The van der Waals surface area contributed by atoms with Crippen molar-refractivity contribution in [2.75, 3.05) is 17.6 Å². The molecular weight excluding hydrogens is 270 g/mol. The summed E-state index contributed by atoms with van der Waals surface area (Å²) < 4.78 is 1.72. The Morgan fingerprint density at radius 3 is 2.95 bits per heavy atom. The maximum Gasteiger partial charge on any atom is 0.254 e. The zero-order valence-electron chi connectivity index (χ0n) is 11.2. The van der Waals surface area contributed by atoms with Crippen LogP contribution >= 0.6 is 11.8 Å². The molecule has 0 radical (unpaired) electrons. The lowest BCUT2D eigenvalue weighted by molar-refractivity contribution is 0.923. The van der Waals surface area contributed by atoms with Gasteiger partial charge in [-0.1, -0.05) is 18.2 Å². The van der Waals surface area contributed by atoms with Crippen molar-refractivity contribution in [3.63, 3.8) is 0 Å². The Morgan fingerprint density at radius 1 is 1.25 bits per heavy atom.